The number of hydrogen-bond donors (Lipinski definition) is 1. The summed E-state index contributed by atoms with van der Waals surface area (Å²) >= 11 is 0. The minimum Gasteiger partial charge on any atom is -0.457 e. The fourth-order valence-corrected chi connectivity index (χ4v) is 8.17. The Morgan fingerprint density at radius 2 is 1.18 bits per heavy atom. The van der Waals surface area contributed by atoms with Crippen molar-refractivity contribution in [1.29, 1.82) is 0 Å². The molecule has 10 aromatic rings. The Bertz CT molecular complexity index is 3020. The van der Waals surface area contributed by atoms with Crippen molar-refractivity contribution in [2.24, 2.45) is 0 Å². The monoisotopic (exact) mass is 734 g/mol. The Kier molecular flexibility index (Phi) is 8.37. The molecule has 0 atom stereocenters. The van der Waals surface area contributed by atoms with Gasteiger partial charge >= 0.3 is 0 Å². The van der Waals surface area contributed by atoms with Crippen molar-refractivity contribution in [3.63, 3.8) is 0 Å². The molecule has 56 heavy (non-hydrogen) atoms. The molecular formula is C46H38N8O2. The van der Waals surface area contributed by atoms with Gasteiger partial charge in [-0.05, 0) is 97.8 Å². The smallest absolute Gasteiger partial charge is 0.130 e. The molecule has 0 radical (unpaired) electrons. The topological polar surface area (TPSA) is 101 Å². The van der Waals surface area contributed by atoms with Crippen LogP contribution in [0.1, 0.15) is 18.2 Å². The molecule has 1 N–H and O–H groups in total. The molecule has 0 spiro atoms. The second-order valence-corrected chi connectivity index (χ2v) is 14.0. The van der Waals surface area contributed by atoms with Gasteiger partial charge in [-0.3, -0.25) is 0 Å². The molecule has 0 saturated heterocycles. The molecule has 0 aliphatic rings. The van der Waals surface area contributed by atoms with Crippen LogP contribution >= 0.6 is 0 Å². The van der Waals surface area contributed by atoms with Crippen molar-refractivity contribution in [3.8, 4) is 34.1 Å². The van der Waals surface area contributed by atoms with Crippen LogP contribution in [0.2, 0.25) is 0 Å². The van der Waals surface area contributed by atoms with Gasteiger partial charge in [0.05, 0.1) is 35.2 Å². The lowest BCUT2D eigenvalue weighted by Crippen LogP contribution is -2.05. The molecule has 0 saturated carbocycles. The highest BCUT2D eigenvalue weighted by Crippen LogP contribution is 2.35. The summed E-state index contributed by atoms with van der Waals surface area (Å²) in [5, 5.41) is 31.5. The van der Waals surface area contributed by atoms with E-state index in [9.17, 15) is 5.11 Å². The quantitative estimate of drug-likeness (QED) is 0.142. The van der Waals surface area contributed by atoms with E-state index in [1.165, 1.54) is 32.7 Å². The molecule has 0 aliphatic heterocycles. The van der Waals surface area contributed by atoms with Crippen molar-refractivity contribution in [1.82, 2.24) is 39.1 Å². The minimum absolute atomic E-state index is 0.0422. The molecule has 4 aromatic heterocycles. The van der Waals surface area contributed by atoms with E-state index in [2.05, 4.69) is 146 Å². The SMILES string of the molecule is CCn1c2ccccc2c2cc(-n3nncc3-c3ccc(Oc4ccccc4CCn4c5ccccc5c5cc(-n6nncc6CCO)ccc54)cc3)ccc21. The van der Waals surface area contributed by atoms with Crippen molar-refractivity contribution >= 4 is 43.6 Å². The molecule has 6 aromatic carbocycles. The third-order valence-electron chi connectivity index (χ3n) is 10.8. The van der Waals surface area contributed by atoms with Gasteiger partial charge in [-0.15, -0.1) is 10.2 Å². The van der Waals surface area contributed by atoms with Gasteiger partial charge in [0.2, 0.25) is 0 Å². The van der Waals surface area contributed by atoms with E-state index < -0.39 is 0 Å². The molecule has 0 bridgehead atoms. The maximum absolute atomic E-state index is 9.54. The molecular weight excluding hydrogens is 697 g/mol. The number of fused-ring (bicyclic) bond motifs is 6. The number of para-hydroxylation sites is 3. The predicted molar refractivity (Wildman–Crippen MR) is 221 cm³/mol. The van der Waals surface area contributed by atoms with Gasteiger partial charge in [-0.2, -0.15) is 0 Å². The van der Waals surface area contributed by atoms with Crippen LogP contribution in [0.25, 0.3) is 66.2 Å². The summed E-state index contributed by atoms with van der Waals surface area (Å²) in [6.07, 6.45) is 4.79. The third kappa shape index (κ3) is 5.70. The molecule has 4 heterocycles. The van der Waals surface area contributed by atoms with Crippen molar-refractivity contribution in [2.45, 2.75) is 32.9 Å². The Hall–Kier alpha value is -7.04. The first kappa shape index (κ1) is 33.5. The third-order valence-corrected chi connectivity index (χ3v) is 10.8. The molecule has 10 heteroatoms. The van der Waals surface area contributed by atoms with Gasteiger partial charge < -0.3 is 19.0 Å². The van der Waals surface area contributed by atoms with Crippen LogP contribution in [-0.4, -0.2) is 50.8 Å². The number of aryl methyl sites for hydroxylation is 3. The van der Waals surface area contributed by atoms with Gasteiger partial charge in [0.15, 0.2) is 0 Å². The van der Waals surface area contributed by atoms with Crippen LogP contribution in [0.4, 0.5) is 0 Å². The van der Waals surface area contributed by atoms with E-state index in [0.717, 1.165) is 75.8 Å². The normalized spacial score (nSPS) is 11.8. The standard InChI is InChI=1S/C46H38N8O2/c1-2-51-41-12-6-4-10-37(41)39-28-34(18-21-43(39)51)54-45(30-48-50-54)31-15-19-36(20-16-31)56-46-14-8-3-9-32(46)23-25-52-42-13-7-5-11-38(42)40-27-33(17-22-44(40)52)53-35(24-26-55)29-47-49-53/h3-22,27-30,55H,2,23-26H2,1H3. The number of ether oxygens (including phenoxy) is 1. The first-order valence-corrected chi connectivity index (χ1v) is 19.0. The van der Waals surface area contributed by atoms with Gasteiger partial charge in [-0.1, -0.05) is 65.0 Å². The number of aromatic nitrogens is 8. The number of hydrogen-bond acceptors (Lipinski definition) is 6. The summed E-state index contributed by atoms with van der Waals surface area (Å²) in [6.45, 7) is 3.90. The van der Waals surface area contributed by atoms with Crippen LogP contribution < -0.4 is 4.74 Å². The van der Waals surface area contributed by atoms with E-state index in [4.69, 9.17) is 4.74 Å². The summed E-state index contributed by atoms with van der Waals surface area (Å²) < 4.78 is 15.0. The largest absolute Gasteiger partial charge is 0.457 e. The van der Waals surface area contributed by atoms with E-state index in [1.54, 1.807) is 10.9 Å². The Balaban J connectivity index is 0.904. The summed E-state index contributed by atoms with van der Waals surface area (Å²) in [4.78, 5) is 0. The molecule has 10 nitrogen and oxygen atoms in total. The zero-order valence-corrected chi connectivity index (χ0v) is 30.8. The van der Waals surface area contributed by atoms with E-state index in [1.807, 2.05) is 35.1 Å². The van der Waals surface area contributed by atoms with Crippen molar-refractivity contribution in [3.05, 3.63) is 157 Å². The molecule has 0 fully saturated rings. The van der Waals surface area contributed by atoms with Gasteiger partial charge in [0.25, 0.3) is 0 Å². The summed E-state index contributed by atoms with van der Waals surface area (Å²) in [5.41, 5.74) is 10.5. The first-order valence-electron chi connectivity index (χ1n) is 19.0. The highest BCUT2D eigenvalue weighted by molar-refractivity contribution is 6.09. The Morgan fingerprint density at radius 1 is 0.571 bits per heavy atom. The average molecular weight is 735 g/mol. The fourth-order valence-electron chi connectivity index (χ4n) is 8.17. The lowest BCUT2D eigenvalue weighted by atomic mass is 10.1. The summed E-state index contributed by atoms with van der Waals surface area (Å²) in [5.74, 6) is 1.59. The average Bonchev–Trinajstić information content (AvgIpc) is 4.05. The van der Waals surface area contributed by atoms with Crippen molar-refractivity contribution < 1.29 is 9.84 Å². The highest BCUT2D eigenvalue weighted by Gasteiger charge is 2.16. The molecule has 0 unspecified atom stereocenters. The molecule has 0 amide bonds. The number of rotatable bonds is 11. The highest BCUT2D eigenvalue weighted by atomic mass is 16.5. The fraction of sp³-hybridized carbons (Fsp3) is 0.130. The van der Waals surface area contributed by atoms with Gasteiger partial charge in [0.1, 0.15) is 11.5 Å². The lowest BCUT2D eigenvalue weighted by molar-refractivity contribution is 0.297. The Morgan fingerprint density at radius 3 is 1.91 bits per heavy atom. The second kappa shape index (κ2) is 14.0. The van der Waals surface area contributed by atoms with Gasteiger partial charge in [-0.25, -0.2) is 9.36 Å². The Labute approximate surface area is 322 Å². The van der Waals surface area contributed by atoms with Crippen molar-refractivity contribution in [2.75, 3.05) is 6.61 Å². The maximum Gasteiger partial charge on any atom is 0.130 e. The van der Waals surface area contributed by atoms with E-state index in [-0.39, 0.29) is 6.61 Å². The van der Waals surface area contributed by atoms with E-state index >= 15 is 0 Å². The van der Waals surface area contributed by atoms with Crippen LogP contribution in [-0.2, 0) is 25.9 Å². The number of benzene rings is 6. The molecule has 0 aliphatic carbocycles. The first-order chi connectivity index (χ1) is 27.7. The zero-order valence-electron chi connectivity index (χ0n) is 30.8. The number of aliphatic hydroxyl groups excluding tert-OH is 1. The molecule has 10 rings (SSSR count). The predicted octanol–water partition coefficient (Wildman–Crippen LogP) is 9.32. The zero-order chi connectivity index (χ0) is 37.6. The maximum atomic E-state index is 9.54. The second-order valence-electron chi connectivity index (χ2n) is 14.0. The van der Waals surface area contributed by atoms with Crippen LogP contribution in [0, 0.1) is 0 Å². The summed E-state index contributed by atoms with van der Waals surface area (Å²) in [6, 6.07) is 46.4. The minimum atomic E-state index is 0.0422. The van der Waals surface area contributed by atoms with Gasteiger partial charge in [0, 0.05) is 75.3 Å². The van der Waals surface area contributed by atoms with Crippen LogP contribution in [0.15, 0.2) is 146 Å². The summed E-state index contributed by atoms with van der Waals surface area (Å²) in [7, 11) is 0. The van der Waals surface area contributed by atoms with Crippen LogP contribution in [0.3, 0.4) is 0 Å². The van der Waals surface area contributed by atoms with E-state index in [0.29, 0.717) is 6.42 Å². The lowest BCUT2D eigenvalue weighted by Gasteiger charge is -2.14. The number of nitrogens with zero attached hydrogens (tertiary/aromatic N) is 8. The number of aliphatic hydroxyl groups is 1. The molecule has 274 valence electrons. The van der Waals surface area contributed by atoms with Crippen LogP contribution in [0.5, 0.6) is 11.5 Å².